The Morgan fingerprint density at radius 2 is 2.00 bits per heavy atom. The predicted molar refractivity (Wildman–Crippen MR) is 85.5 cm³/mol. The monoisotopic (exact) mass is 324 g/mol. The summed E-state index contributed by atoms with van der Waals surface area (Å²) in [7, 11) is 0. The minimum atomic E-state index is 0.971. The van der Waals surface area contributed by atoms with Gasteiger partial charge in [-0.05, 0) is 69.6 Å². The Bertz CT molecular complexity index is 386. The van der Waals surface area contributed by atoms with Crippen molar-refractivity contribution in [3.05, 3.63) is 33.8 Å². The van der Waals surface area contributed by atoms with Gasteiger partial charge in [0, 0.05) is 11.0 Å². The predicted octanol–water partition coefficient (Wildman–Crippen LogP) is 3.72. The Balaban J connectivity index is 1.59. The summed E-state index contributed by atoms with van der Waals surface area (Å²) in [6.07, 6.45) is 5.47. The molecule has 0 amide bonds. The van der Waals surface area contributed by atoms with Crippen molar-refractivity contribution in [1.29, 1.82) is 0 Å². The second kappa shape index (κ2) is 8.03. The van der Waals surface area contributed by atoms with Crippen LogP contribution in [0.15, 0.2) is 22.7 Å². The summed E-state index contributed by atoms with van der Waals surface area (Å²) >= 11 is 3.59. The van der Waals surface area contributed by atoms with E-state index in [9.17, 15) is 0 Å². The SMILES string of the molecule is Cc1ccc(CNCCCN2CCCCC2)cc1Br. The Labute approximate surface area is 125 Å². The van der Waals surface area contributed by atoms with Gasteiger partial charge in [-0.3, -0.25) is 0 Å². The molecule has 0 saturated carbocycles. The molecule has 0 atom stereocenters. The third kappa shape index (κ3) is 5.25. The van der Waals surface area contributed by atoms with Crippen LogP contribution < -0.4 is 5.32 Å². The third-order valence-electron chi connectivity index (χ3n) is 3.84. The number of likely N-dealkylation sites (tertiary alicyclic amines) is 1. The van der Waals surface area contributed by atoms with Crippen LogP contribution in [-0.2, 0) is 6.54 Å². The molecule has 2 nitrogen and oxygen atoms in total. The molecule has 0 bridgehead atoms. The van der Waals surface area contributed by atoms with Crippen LogP contribution in [0.25, 0.3) is 0 Å². The molecule has 19 heavy (non-hydrogen) atoms. The fourth-order valence-corrected chi connectivity index (χ4v) is 3.02. The highest BCUT2D eigenvalue weighted by atomic mass is 79.9. The second-order valence-corrected chi connectivity index (χ2v) is 6.37. The smallest absolute Gasteiger partial charge is 0.0207 e. The van der Waals surface area contributed by atoms with E-state index in [1.165, 1.54) is 60.9 Å². The zero-order valence-electron chi connectivity index (χ0n) is 11.9. The molecule has 1 aliphatic rings. The minimum Gasteiger partial charge on any atom is -0.313 e. The summed E-state index contributed by atoms with van der Waals surface area (Å²) < 4.78 is 1.21. The maximum absolute atomic E-state index is 3.59. The third-order valence-corrected chi connectivity index (χ3v) is 4.70. The first-order valence-electron chi connectivity index (χ1n) is 7.44. The maximum Gasteiger partial charge on any atom is 0.0207 e. The molecule has 1 heterocycles. The zero-order valence-corrected chi connectivity index (χ0v) is 13.5. The number of halogens is 1. The lowest BCUT2D eigenvalue weighted by atomic mass is 10.1. The van der Waals surface area contributed by atoms with E-state index in [-0.39, 0.29) is 0 Å². The van der Waals surface area contributed by atoms with E-state index in [1.54, 1.807) is 0 Å². The average molecular weight is 325 g/mol. The molecule has 106 valence electrons. The molecule has 0 radical (unpaired) electrons. The van der Waals surface area contributed by atoms with Gasteiger partial charge in [-0.2, -0.15) is 0 Å². The summed E-state index contributed by atoms with van der Waals surface area (Å²) in [4.78, 5) is 2.60. The lowest BCUT2D eigenvalue weighted by molar-refractivity contribution is 0.225. The Morgan fingerprint density at radius 3 is 2.74 bits per heavy atom. The molecule has 0 aliphatic carbocycles. The van der Waals surface area contributed by atoms with Gasteiger partial charge in [0.15, 0.2) is 0 Å². The van der Waals surface area contributed by atoms with E-state index in [0.29, 0.717) is 0 Å². The quantitative estimate of drug-likeness (QED) is 0.802. The van der Waals surface area contributed by atoms with Crippen molar-refractivity contribution >= 4 is 15.9 Å². The van der Waals surface area contributed by atoms with Gasteiger partial charge in [-0.1, -0.05) is 34.5 Å². The molecule has 1 aromatic carbocycles. The highest BCUT2D eigenvalue weighted by Gasteiger charge is 2.08. The van der Waals surface area contributed by atoms with Crippen LogP contribution in [0.5, 0.6) is 0 Å². The van der Waals surface area contributed by atoms with E-state index in [2.05, 4.69) is 51.3 Å². The fourth-order valence-electron chi connectivity index (χ4n) is 2.59. The number of aryl methyl sites for hydroxylation is 1. The lowest BCUT2D eigenvalue weighted by Gasteiger charge is -2.26. The standard InChI is InChI=1S/C16H25BrN2/c1-14-6-7-15(12-16(14)17)13-18-8-5-11-19-9-3-2-4-10-19/h6-7,12,18H,2-5,8-11,13H2,1H3. The van der Waals surface area contributed by atoms with Crippen LogP contribution in [0.4, 0.5) is 0 Å². The largest absolute Gasteiger partial charge is 0.313 e. The number of piperidine rings is 1. The van der Waals surface area contributed by atoms with Crippen molar-refractivity contribution in [3.63, 3.8) is 0 Å². The van der Waals surface area contributed by atoms with Crippen molar-refractivity contribution in [1.82, 2.24) is 10.2 Å². The molecular weight excluding hydrogens is 300 g/mol. The molecule has 2 rings (SSSR count). The molecule has 1 saturated heterocycles. The molecule has 1 fully saturated rings. The van der Waals surface area contributed by atoms with Crippen molar-refractivity contribution in [3.8, 4) is 0 Å². The summed E-state index contributed by atoms with van der Waals surface area (Å²) in [5.74, 6) is 0. The Morgan fingerprint density at radius 1 is 1.21 bits per heavy atom. The second-order valence-electron chi connectivity index (χ2n) is 5.52. The topological polar surface area (TPSA) is 15.3 Å². The molecule has 0 spiro atoms. The first-order valence-corrected chi connectivity index (χ1v) is 8.23. The molecule has 1 aliphatic heterocycles. The fraction of sp³-hybridized carbons (Fsp3) is 0.625. The zero-order chi connectivity index (χ0) is 13.5. The van der Waals surface area contributed by atoms with Crippen molar-refractivity contribution in [2.45, 2.75) is 39.2 Å². The number of nitrogens with one attached hydrogen (secondary N) is 1. The Kier molecular flexibility index (Phi) is 6.35. The minimum absolute atomic E-state index is 0.971. The van der Waals surface area contributed by atoms with Crippen molar-refractivity contribution in [2.75, 3.05) is 26.2 Å². The highest BCUT2D eigenvalue weighted by molar-refractivity contribution is 9.10. The molecular formula is C16H25BrN2. The van der Waals surface area contributed by atoms with E-state index < -0.39 is 0 Å². The molecule has 1 aromatic rings. The summed E-state index contributed by atoms with van der Waals surface area (Å²) in [6.45, 7) is 8.08. The average Bonchev–Trinajstić information content (AvgIpc) is 2.43. The van der Waals surface area contributed by atoms with Gasteiger partial charge in [0.25, 0.3) is 0 Å². The van der Waals surface area contributed by atoms with E-state index in [0.717, 1.165) is 13.1 Å². The van der Waals surface area contributed by atoms with Gasteiger partial charge in [0.05, 0.1) is 0 Å². The number of rotatable bonds is 6. The number of nitrogens with zero attached hydrogens (tertiary/aromatic N) is 1. The number of benzene rings is 1. The van der Waals surface area contributed by atoms with Gasteiger partial charge < -0.3 is 10.2 Å². The first-order chi connectivity index (χ1) is 9.25. The van der Waals surface area contributed by atoms with E-state index in [1.807, 2.05) is 0 Å². The molecule has 0 aromatic heterocycles. The van der Waals surface area contributed by atoms with Crippen LogP contribution in [0.1, 0.15) is 36.8 Å². The van der Waals surface area contributed by atoms with Crippen molar-refractivity contribution in [2.24, 2.45) is 0 Å². The van der Waals surface area contributed by atoms with E-state index in [4.69, 9.17) is 0 Å². The molecule has 0 unspecified atom stereocenters. The molecule has 3 heteroatoms. The summed E-state index contributed by atoms with van der Waals surface area (Å²) in [5.41, 5.74) is 2.66. The summed E-state index contributed by atoms with van der Waals surface area (Å²) in [5, 5.41) is 3.54. The normalized spacial score (nSPS) is 16.7. The molecule has 1 N–H and O–H groups in total. The highest BCUT2D eigenvalue weighted by Crippen LogP contribution is 2.17. The van der Waals surface area contributed by atoms with Crippen LogP contribution in [0.2, 0.25) is 0 Å². The van der Waals surface area contributed by atoms with Crippen LogP contribution >= 0.6 is 15.9 Å². The van der Waals surface area contributed by atoms with Crippen molar-refractivity contribution < 1.29 is 0 Å². The summed E-state index contributed by atoms with van der Waals surface area (Å²) in [6, 6.07) is 6.60. The number of hydrogen-bond donors (Lipinski definition) is 1. The first kappa shape index (κ1) is 15.0. The van der Waals surface area contributed by atoms with Crippen LogP contribution in [0.3, 0.4) is 0 Å². The van der Waals surface area contributed by atoms with Gasteiger partial charge in [0.2, 0.25) is 0 Å². The Hall–Kier alpha value is -0.380. The van der Waals surface area contributed by atoms with E-state index >= 15 is 0 Å². The van der Waals surface area contributed by atoms with Gasteiger partial charge in [-0.25, -0.2) is 0 Å². The van der Waals surface area contributed by atoms with Crippen LogP contribution in [0, 0.1) is 6.92 Å². The number of hydrogen-bond acceptors (Lipinski definition) is 2. The van der Waals surface area contributed by atoms with Gasteiger partial charge >= 0.3 is 0 Å². The maximum atomic E-state index is 3.59. The lowest BCUT2D eigenvalue weighted by Crippen LogP contribution is -2.32. The van der Waals surface area contributed by atoms with Gasteiger partial charge in [0.1, 0.15) is 0 Å². The van der Waals surface area contributed by atoms with Gasteiger partial charge in [-0.15, -0.1) is 0 Å². The van der Waals surface area contributed by atoms with Crippen LogP contribution in [-0.4, -0.2) is 31.1 Å².